The second-order valence-electron chi connectivity index (χ2n) is 5.60. The Kier molecular flexibility index (Phi) is 4.39. The van der Waals surface area contributed by atoms with E-state index < -0.39 is 0 Å². The molecule has 2 atom stereocenters. The molecule has 0 fully saturated rings. The quantitative estimate of drug-likeness (QED) is 0.861. The average Bonchev–Trinajstić information content (AvgIpc) is 2.85. The van der Waals surface area contributed by atoms with E-state index in [1.54, 1.807) is 5.56 Å². The first kappa shape index (κ1) is 14.0. The zero-order valence-corrected chi connectivity index (χ0v) is 12.9. The highest BCUT2D eigenvalue weighted by molar-refractivity contribution is 7.99. The molecule has 1 heterocycles. The molecule has 1 aliphatic heterocycles. The molecule has 0 spiro atoms. The molecule has 2 rings (SSSR count). The van der Waals surface area contributed by atoms with Gasteiger partial charge in [-0.2, -0.15) is 0 Å². The zero-order chi connectivity index (χ0) is 13.2. The smallest absolute Gasteiger partial charge is 0.0130 e. The molecule has 0 aromatic heterocycles. The summed E-state index contributed by atoms with van der Waals surface area (Å²) < 4.78 is 0. The van der Waals surface area contributed by atoms with E-state index in [0.717, 1.165) is 0 Å². The van der Waals surface area contributed by atoms with Crippen molar-refractivity contribution in [2.24, 2.45) is 0 Å². The van der Waals surface area contributed by atoms with Crippen molar-refractivity contribution < 1.29 is 0 Å². The third kappa shape index (κ3) is 2.46. The summed E-state index contributed by atoms with van der Waals surface area (Å²) in [6.45, 7) is 6.99. The van der Waals surface area contributed by atoms with Gasteiger partial charge in [-0.25, -0.2) is 0 Å². The second kappa shape index (κ2) is 5.66. The highest BCUT2D eigenvalue weighted by Crippen LogP contribution is 2.38. The lowest BCUT2D eigenvalue weighted by Crippen LogP contribution is -2.43. The molecule has 1 aromatic carbocycles. The lowest BCUT2D eigenvalue weighted by Gasteiger charge is -2.36. The van der Waals surface area contributed by atoms with Crippen LogP contribution >= 0.6 is 11.8 Å². The van der Waals surface area contributed by atoms with Gasteiger partial charge in [0, 0.05) is 22.1 Å². The van der Waals surface area contributed by atoms with Crippen molar-refractivity contribution in [1.82, 2.24) is 5.32 Å². The monoisotopic (exact) mass is 263 g/mol. The third-order valence-electron chi connectivity index (χ3n) is 4.51. The Morgan fingerprint density at radius 1 is 1.44 bits per heavy atom. The molecule has 0 aliphatic carbocycles. The molecule has 2 heteroatoms. The predicted molar refractivity (Wildman–Crippen MR) is 81.7 cm³/mol. The van der Waals surface area contributed by atoms with E-state index in [2.05, 4.69) is 51.3 Å². The van der Waals surface area contributed by atoms with Crippen molar-refractivity contribution in [3.63, 3.8) is 0 Å². The minimum atomic E-state index is 0.242. The number of hydrogen-bond acceptors (Lipinski definition) is 2. The van der Waals surface area contributed by atoms with Crippen LogP contribution in [0, 0.1) is 0 Å². The largest absolute Gasteiger partial charge is 0.316 e. The molecule has 100 valence electrons. The van der Waals surface area contributed by atoms with E-state index in [4.69, 9.17) is 0 Å². The van der Waals surface area contributed by atoms with Crippen molar-refractivity contribution in [3.8, 4) is 0 Å². The van der Waals surface area contributed by atoms with Gasteiger partial charge in [0.2, 0.25) is 0 Å². The number of rotatable bonds is 5. The third-order valence-corrected chi connectivity index (χ3v) is 5.62. The normalized spacial score (nSPS) is 19.3. The number of fused-ring (bicyclic) bond motifs is 1. The number of aryl methyl sites for hydroxylation is 1. The summed E-state index contributed by atoms with van der Waals surface area (Å²) in [5.74, 6) is 1.25. The molecule has 2 unspecified atom stereocenters. The highest BCUT2D eigenvalue weighted by Gasteiger charge is 2.32. The first-order valence-electron chi connectivity index (χ1n) is 7.05. The Balaban J connectivity index is 2.36. The summed E-state index contributed by atoms with van der Waals surface area (Å²) in [6.07, 6.45) is 3.71. The van der Waals surface area contributed by atoms with Gasteiger partial charge >= 0.3 is 0 Å². The fourth-order valence-corrected chi connectivity index (χ4v) is 4.04. The van der Waals surface area contributed by atoms with Crippen LogP contribution in [0.3, 0.4) is 0 Å². The van der Waals surface area contributed by atoms with Crippen molar-refractivity contribution in [2.45, 2.75) is 56.4 Å². The van der Waals surface area contributed by atoms with Gasteiger partial charge in [-0.05, 0) is 44.0 Å². The molecular formula is C16H25NS. The second-order valence-corrected chi connectivity index (χ2v) is 6.74. The van der Waals surface area contributed by atoms with Gasteiger partial charge in [0.05, 0.1) is 0 Å². The number of hydrogen-bond donors (Lipinski definition) is 1. The van der Waals surface area contributed by atoms with Crippen molar-refractivity contribution in [1.29, 1.82) is 0 Å². The molecule has 18 heavy (non-hydrogen) atoms. The summed E-state index contributed by atoms with van der Waals surface area (Å²) >= 11 is 2.00. The zero-order valence-electron chi connectivity index (χ0n) is 12.0. The summed E-state index contributed by atoms with van der Waals surface area (Å²) in [4.78, 5) is 1.50. The van der Waals surface area contributed by atoms with Crippen LogP contribution in [0.4, 0.5) is 0 Å². The number of nitrogens with one attached hydrogen (secondary N) is 1. The molecule has 1 aliphatic rings. The van der Waals surface area contributed by atoms with Crippen LogP contribution in [0.1, 0.15) is 44.7 Å². The number of benzene rings is 1. The van der Waals surface area contributed by atoms with Crippen LogP contribution in [0.5, 0.6) is 0 Å². The van der Waals surface area contributed by atoms with Crippen LogP contribution in [0.2, 0.25) is 0 Å². The molecule has 0 amide bonds. The summed E-state index contributed by atoms with van der Waals surface area (Å²) in [5.41, 5.74) is 3.31. The predicted octanol–water partition coefficient (Wildman–Crippen LogP) is 4.00. The Labute approximate surface area is 116 Å². The number of likely N-dealkylation sites (N-methyl/N-ethyl adjacent to an activating group) is 1. The van der Waals surface area contributed by atoms with E-state index in [9.17, 15) is 0 Å². The topological polar surface area (TPSA) is 12.0 Å². The fourth-order valence-electron chi connectivity index (χ4n) is 2.99. The average molecular weight is 263 g/mol. The molecule has 0 saturated heterocycles. The van der Waals surface area contributed by atoms with Crippen LogP contribution in [0.15, 0.2) is 23.1 Å². The molecule has 1 nitrogen and oxygen atoms in total. The Bertz CT molecular complexity index is 416. The van der Waals surface area contributed by atoms with Crippen molar-refractivity contribution >= 4 is 11.8 Å². The van der Waals surface area contributed by atoms with Crippen LogP contribution in [0.25, 0.3) is 0 Å². The number of thioether (sulfide) groups is 1. The molecule has 0 radical (unpaired) electrons. The summed E-state index contributed by atoms with van der Waals surface area (Å²) in [5, 5.41) is 3.45. The van der Waals surface area contributed by atoms with Gasteiger partial charge in [0.1, 0.15) is 0 Å². The summed E-state index contributed by atoms with van der Waals surface area (Å²) in [6, 6.07) is 7.64. The van der Waals surface area contributed by atoms with E-state index in [-0.39, 0.29) is 5.41 Å². The van der Waals surface area contributed by atoms with Gasteiger partial charge in [0.15, 0.2) is 0 Å². The molecule has 0 saturated carbocycles. The van der Waals surface area contributed by atoms with E-state index in [1.807, 2.05) is 11.8 Å². The van der Waals surface area contributed by atoms with Crippen LogP contribution in [-0.4, -0.2) is 18.8 Å². The first-order chi connectivity index (χ1) is 8.61. The maximum Gasteiger partial charge on any atom is 0.0130 e. The summed E-state index contributed by atoms with van der Waals surface area (Å²) in [7, 11) is 2.07. The highest BCUT2D eigenvalue weighted by atomic mass is 32.2. The Morgan fingerprint density at radius 2 is 2.22 bits per heavy atom. The van der Waals surface area contributed by atoms with E-state index in [1.165, 1.54) is 35.5 Å². The van der Waals surface area contributed by atoms with E-state index in [0.29, 0.717) is 6.04 Å². The lowest BCUT2D eigenvalue weighted by atomic mass is 9.73. The standard InChI is InChI=1S/C16H25NS/c1-5-9-16(3,12(2)17-4)14-6-7-15-13(11-14)8-10-18-15/h6-7,11-12,17H,5,8-10H2,1-4H3. The maximum atomic E-state index is 3.45. The minimum Gasteiger partial charge on any atom is -0.316 e. The van der Waals surface area contributed by atoms with Gasteiger partial charge in [0.25, 0.3) is 0 Å². The van der Waals surface area contributed by atoms with Gasteiger partial charge in [-0.3, -0.25) is 0 Å². The molecule has 0 bridgehead atoms. The van der Waals surface area contributed by atoms with Crippen molar-refractivity contribution in [3.05, 3.63) is 29.3 Å². The van der Waals surface area contributed by atoms with Crippen LogP contribution in [-0.2, 0) is 11.8 Å². The van der Waals surface area contributed by atoms with Gasteiger partial charge in [-0.1, -0.05) is 32.4 Å². The Hall–Kier alpha value is -0.470. The maximum absolute atomic E-state index is 3.45. The molecule has 1 aromatic rings. The molecule has 1 N–H and O–H groups in total. The van der Waals surface area contributed by atoms with Gasteiger partial charge in [-0.15, -0.1) is 11.8 Å². The van der Waals surface area contributed by atoms with Crippen molar-refractivity contribution in [2.75, 3.05) is 12.8 Å². The Morgan fingerprint density at radius 3 is 2.89 bits per heavy atom. The molecular weight excluding hydrogens is 238 g/mol. The SMILES string of the molecule is CCCC(C)(c1ccc2c(c1)CCS2)C(C)NC. The lowest BCUT2D eigenvalue weighted by molar-refractivity contribution is 0.325. The fraction of sp³-hybridized carbons (Fsp3) is 0.625. The van der Waals surface area contributed by atoms with Crippen LogP contribution < -0.4 is 5.32 Å². The van der Waals surface area contributed by atoms with Gasteiger partial charge < -0.3 is 5.32 Å². The van der Waals surface area contributed by atoms with E-state index >= 15 is 0 Å². The minimum absolute atomic E-state index is 0.242. The first-order valence-corrected chi connectivity index (χ1v) is 8.04.